The molecule has 0 aliphatic carbocycles. The molecule has 0 saturated carbocycles. The van der Waals surface area contributed by atoms with Crippen LogP contribution in [-0.2, 0) is 0 Å². The summed E-state index contributed by atoms with van der Waals surface area (Å²) in [6.07, 6.45) is 6.54. The lowest BCUT2D eigenvalue weighted by Gasteiger charge is -2.33. The lowest BCUT2D eigenvalue weighted by molar-refractivity contribution is 0.175. The molecule has 2 aromatic heterocycles. The number of urea groups is 1. The largest absolute Gasteiger partial charge is 0.354 e. The van der Waals surface area contributed by atoms with Crippen molar-refractivity contribution in [3.05, 3.63) is 72.1 Å². The van der Waals surface area contributed by atoms with Crippen molar-refractivity contribution in [2.75, 3.05) is 30.3 Å². The zero-order valence-corrected chi connectivity index (χ0v) is 19.4. The number of amides is 2. The predicted molar refractivity (Wildman–Crippen MR) is 135 cm³/mol. The van der Waals surface area contributed by atoms with Crippen LogP contribution in [-0.4, -0.2) is 50.1 Å². The number of aromatic nitrogens is 4. The predicted octanol–water partition coefficient (Wildman–Crippen LogP) is 5.22. The van der Waals surface area contributed by atoms with Crippen LogP contribution in [0, 0.1) is 5.92 Å². The summed E-state index contributed by atoms with van der Waals surface area (Å²) in [5.74, 6) is 1.77. The van der Waals surface area contributed by atoms with Crippen molar-refractivity contribution in [3.63, 3.8) is 0 Å². The maximum absolute atomic E-state index is 12.7. The van der Waals surface area contributed by atoms with Gasteiger partial charge in [-0.3, -0.25) is 4.57 Å². The average molecular weight is 476 g/mol. The lowest BCUT2D eigenvalue weighted by Crippen LogP contribution is -2.42. The van der Waals surface area contributed by atoms with Crippen LogP contribution in [0.2, 0.25) is 5.02 Å². The Bertz CT molecular complexity index is 1290. The van der Waals surface area contributed by atoms with E-state index in [1.807, 2.05) is 58.0 Å². The van der Waals surface area contributed by atoms with E-state index >= 15 is 0 Å². The molecule has 0 bridgehead atoms. The van der Waals surface area contributed by atoms with Gasteiger partial charge in [0.2, 0.25) is 5.95 Å². The second kappa shape index (κ2) is 10.1. The second-order valence-corrected chi connectivity index (χ2v) is 8.83. The third-order valence-electron chi connectivity index (χ3n) is 6.10. The number of nitrogens with zero attached hydrogens (tertiary/aromatic N) is 5. The normalized spacial score (nSPS) is 15.9. The van der Waals surface area contributed by atoms with Gasteiger partial charge in [0, 0.05) is 25.8 Å². The average Bonchev–Trinajstić information content (AvgIpc) is 3.30. The minimum Gasteiger partial charge on any atom is -0.354 e. The molecule has 2 aromatic carbocycles. The van der Waals surface area contributed by atoms with Gasteiger partial charge in [0.25, 0.3) is 0 Å². The Kier molecular flexibility index (Phi) is 6.58. The fourth-order valence-corrected chi connectivity index (χ4v) is 4.52. The number of para-hydroxylation sites is 3. The maximum atomic E-state index is 12.7. The number of piperidine rings is 1. The summed E-state index contributed by atoms with van der Waals surface area (Å²) in [6, 6.07) is 17.0. The van der Waals surface area contributed by atoms with E-state index in [0.717, 1.165) is 55.7 Å². The molecule has 2 amide bonds. The number of likely N-dealkylation sites (tertiary alicyclic amines) is 1. The first kappa shape index (κ1) is 22.2. The monoisotopic (exact) mass is 475 g/mol. The summed E-state index contributed by atoms with van der Waals surface area (Å²) in [4.78, 5) is 28.1. The summed E-state index contributed by atoms with van der Waals surface area (Å²) in [6.45, 7) is 2.21. The maximum Gasteiger partial charge on any atom is 0.321 e. The Hall–Kier alpha value is -3.65. The molecule has 1 unspecified atom stereocenters. The van der Waals surface area contributed by atoms with Gasteiger partial charge >= 0.3 is 6.03 Å². The van der Waals surface area contributed by atoms with E-state index in [4.69, 9.17) is 11.6 Å². The van der Waals surface area contributed by atoms with Crippen LogP contribution in [0.3, 0.4) is 0 Å². The fraction of sp³-hybridized carbons (Fsp3) is 0.280. The third kappa shape index (κ3) is 4.97. The van der Waals surface area contributed by atoms with Crippen molar-refractivity contribution >= 4 is 40.3 Å². The van der Waals surface area contributed by atoms with E-state index in [0.29, 0.717) is 22.6 Å². The molecule has 174 valence electrons. The van der Waals surface area contributed by atoms with Gasteiger partial charge in [-0.25, -0.2) is 14.8 Å². The van der Waals surface area contributed by atoms with Gasteiger partial charge in [0.15, 0.2) is 0 Å². The molecule has 8 nitrogen and oxygen atoms in total. The topological polar surface area (TPSA) is 88.0 Å². The van der Waals surface area contributed by atoms with Crippen molar-refractivity contribution in [3.8, 4) is 5.82 Å². The Morgan fingerprint density at radius 2 is 1.94 bits per heavy atom. The number of carbonyl (C=O) groups is 1. The molecule has 0 spiro atoms. The molecule has 1 saturated heterocycles. The molecule has 1 aliphatic rings. The van der Waals surface area contributed by atoms with Crippen molar-refractivity contribution < 1.29 is 4.79 Å². The number of nitrogens with one attached hydrogen (secondary N) is 2. The van der Waals surface area contributed by atoms with E-state index in [9.17, 15) is 4.79 Å². The number of anilines is 2. The Labute approximate surface area is 203 Å². The van der Waals surface area contributed by atoms with Crippen LogP contribution in [0.25, 0.3) is 16.9 Å². The molecule has 5 rings (SSSR count). The zero-order valence-electron chi connectivity index (χ0n) is 18.7. The van der Waals surface area contributed by atoms with Crippen molar-refractivity contribution in [2.45, 2.75) is 19.3 Å². The van der Waals surface area contributed by atoms with E-state index in [1.165, 1.54) is 0 Å². The van der Waals surface area contributed by atoms with E-state index in [1.54, 1.807) is 18.6 Å². The van der Waals surface area contributed by atoms with Crippen LogP contribution in [0.4, 0.5) is 16.4 Å². The molecule has 1 atom stereocenters. The molecule has 0 radical (unpaired) electrons. The summed E-state index contributed by atoms with van der Waals surface area (Å²) < 4.78 is 1.96. The van der Waals surface area contributed by atoms with Crippen LogP contribution in [0.15, 0.2) is 67.1 Å². The van der Waals surface area contributed by atoms with Gasteiger partial charge in [0.05, 0.1) is 21.7 Å². The molecular formula is C25H26ClN7O. The highest BCUT2D eigenvalue weighted by atomic mass is 35.5. The first-order chi connectivity index (χ1) is 16.7. The third-order valence-corrected chi connectivity index (χ3v) is 6.43. The number of hydrogen-bond donors (Lipinski definition) is 2. The minimum absolute atomic E-state index is 0.102. The first-order valence-electron chi connectivity index (χ1n) is 11.5. The SMILES string of the molecule is O=C(Nc1ccccc1Cl)N1CCCC(CCNc2nccc(-n3cnc4ccccc43)n2)C1. The molecule has 2 N–H and O–H groups in total. The van der Waals surface area contributed by atoms with Gasteiger partial charge in [-0.15, -0.1) is 0 Å². The highest BCUT2D eigenvalue weighted by Gasteiger charge is 2.24. The quantitative estimate of drug-likeness (QED) is 0.399. The molecule has 4 aromatic rings. The first-order valence-corrected chi connectivity index (χ1v) is 11.8. The van der Waals surface area contributed by atoms with E-state index in [2.05, 4.69) is 25.6 Å². The van der Waals surface area contributed by atoms with Crippen LogP contribution in [0.1, 0.15) is 19.3 Å². The summed E-state index contributed by atoms with van der Waals surface area (Å²) in [7, 11) is 0. The van der Waals surface area contributed by atoms with Crippen LogP contribution >= 0.6 is 11.6 Å². The smallest absolute Gasteiger partial charge is 0.321 e. The molecule has 34 heavy (non-hydrogen) atoms. The highest BCUT2D eigenvalue weighted by Crippen LogP contribution is 2.24. The number of fused-ring (bicyclic) bond motifs is 1. The Balaban J connectivity index is 1.16. The number of imidazole rings is 1. The van der Waals surface area contributed by atoms with Crippen molar-refractivity contribution in [2.24, 2.45) is 5.92 Å². The van der Waals surface area contributed by atoms with Gasteiger partial charge in [-0.05, 0) is 55.5 Å². The number of halogens is 1. The number of rotatable bonds is 6. The van der Waals surface area contributed by atoms with E-state index in [-0.39, 0.29) is 6.03 Å². The van der Waals surface area contributed by atoms with Crippen LogP contribution < -0.4 is 10.6 Å². The molecule has 9 heteroatoms. The summed E-state index contributed by atoms with van der Waals surface area (Å²) in [5.41, 5.74) is 2.57. The molecule has 3 heterocycles. The molecule has 1 aliphatic heterocycles. The Morgan fingerprint density at radius 3 is 2.85 bits per heavy atom. The van der Waals surface area contributed by atoms with Crippen molar-refractivity contribution in [1.29, 1.82) is 0 Å². The van der Waals surface area contributed by atoms with E-state index < -0.39 is 0 Å². The zero-order chi connectivity index (χ0) is 23.3. The summed E-state index contributed by atoms with van der Waals surface area (Å²) in [5, 5.41) is 6.81. The number of carbonyl (C=O) groups excluding carboxylic acids is 1. The second-order valence-electron chi connectivity index (χ2n) is 8.42. The van der Waals surface area contributed by atoms with Gasteiger partial charge < -0.3 is 15.5 Å². The Morgan fingerprint density at radius 1 is 1.09 bits per heavy atom. The minimum atomic E-state index is -0.102. The molecule has 1 fully saturated rings. The number of benzene rings is 2. The molecular weight excluding hydrogens is 450 g/mol. The van der Waals surface area contributed by atoms with Gasteiger partial charge in [-0.1, -0.05) is 35.9 Å². The summed E-state index contributed by atoms with van der Waals surface area (Å²) >= 11 is 6.18. The lowest BCUT2D eigenvalue weighted by atomic mass is 9.95. The van der Waals surface area contributed by atoms with Crippen molar-refractivity contribution in [1.82, 2.24) is 24.4 Å². The van der Waals surface area contributed by atoms with Gasteiger partial charge in [-0.2, -0.15) is 4.98 Å². The van der Waals surface area contributed by atoms with Crippen LogP contribution in [0.5, 0.6) is 0 Å². The fourth-order valence-electron chi connectivity index (χ4n) is 4.34. The standard InChI is InChI=1S/C25H26ClN7O/c26-19-7-1-2-8-20(19)30-25(34)32-15-5-6-18(16-32)11-13-27-24-28-14-12-23(31-24)33-17-29-21-9-3-4-10-22(21)33/h1-4,7-10,12,14,17-18H,5-6,11,13,15-16H2,(H,30,34)(H,27,28,31). The highest BCUT2D eigenvalue weighted by molar-refractivity contribution is 6.33. The van der Waals surface area contributed by atoms with Gasteiger partial charge in [0.1, 0.15) is 12.1 Å². The number of hydrogen-bond acceptors (Lipinski definition) is 5.